The highest BCUT2D eigenvalue weighted by Gasteiger charge is 2.52. The number of ether oxygens (including phenoxy) is 1. The normalized spacial score (nSPS) is 20.2. The number of amides is 1. The number of nitriles is 1. The Kier molecular flexibility index (Phi) is 7.88. The average molecular weight is 547 g/mol. The number of hydrogen-bond acceptors (Lipinski definition) is 7. The van der Waals surface area contributed by atoms with Crippen LogP contribution >= 0.6 is 7.82 Å². The van der Waals surface area contributed by atoms with Crippen LogP contribution in [-0.2, 0) is 36.1 Å². The standard InChI is InChI=1S/C30H31N2O6P/c1-30(2)29(28(32-17-9-14-27(32)33)25-18-24(19-31)15-16-26(25)37-30)38-39(34,35-20-22-10-5-3-6-11-22)36-21-23-12-7-4-8-13-23/h3-8,10-13,15-16,18,28-29H,9,14,17,20-21H2,1-2H3/t28-,29+/m0/s1. The molecule has 2 heterocycles. The summed E-state index contributed by atoms with van der Waals surface area (Å²) in [5.41, 5.74) is 1.65. The molecule has 0 spiro atoms. The Morgan fingerprint density at radius 1 is 1.00 bits per heavy atom. The fourth-order valence-electron chi connectivity index (χ4n) is 5.00. The van der Waals surface area contributed by atoms with E-state index in [1.165, 1.54) is 0 Å². The van der Waals surface area contributed by atoms with Crippen LogP contribution in [0.25, 0.3) is 0 Å². The lowest BCUT2D eigenvalue weighted by Crippen LogP contribution is -2.54. The second kappa shape index (κ2) is 11.3. The number of carbonyl (C=O) groups is 1. The topological polar surface area (TPSA) is 98.1 Å². The van der Waals surface area contributed by atoms with Crippen molar-refractivity contribution in [3.63, 3.8) is 0 Å². The maximum Gasteiger partial charge on any atom is 0.475 e. The van der Waals surface area contributed by atoms with Crippen LogP contribution in [0.3, 0.4) is 0 Å². The molecular weight excluding hydrogens is 515 g/mol. The number of phosphoric ester groups is 1. The SMILES string of the molecule is CC1(C)Oc2ccc(C#N)cc2[C@H](N2CCCC2=O)[C@H]1OP(=O)(OCc1ccccc1)OCc1ccccc1. The van der Waals surface area contributed by atoms with Gasteiger partial charge >= 0.3 is 7.82 Å². The predicted octanol–water partition coefficient (Wildman–Crippen LogP) is 6.32. The summed E-state index contributed by atoms with van der Waals surface area (Å²) in [5, 5.41) is 9.57. The number of fused-ring (bicyclic) bond motifs is 1. The van der Waals surface area contributed by atoms with E-state index < -0.39 is 25.6 Å². The molecule has 8 nitrogen and oxygen atoms in total. The zero-order chi connectivity index (χ0) is 27.5. The van der Waals surface area contributed by atoms with Crippen molar-refractivity contribution in [1.82, 2.24) is 4.90 Å². The molecule has 2 aliphatic rings. The summed E-state index contributed by atoms with van der Waals surface area (Å²) >= 11 is 0. The summed E-state index contributed by atoms with van der Waals surface area (Å²) in [6, 6.07) is 25.3. The lowest BCUT2D eigenvalue weighted by atomic mass is 9.85. The van der Waals surface area contributed by atoms with Gasteiger partial charge in [-0.3, -0.25) is 18.4 Å². The lowest BCUT2D eigenvalue weighted by molar-refractivity contribution is -0.139. The third kappa shape index (κ3) is 6.08. The van der Waals surface area contributed by atoms with Crippen molar-refractivity contribution < 1.29 is 27.7 Å². The van der Waals surface area contributed by atoms with E-state index in [1.807, 2.05) is 74.5 Å². The number of nitrogens with zero attached hydrogens (tertiary/aromatic N) is 2. The van der Waals surface area contributed by atoms with Gasteiger partial charge in [-0.2, -0.15) is 5.26 Å². The third-order valence-electron chi connectivity index (χ3n) is 6.96. The first-order chi connectivity index (χ1) is 18.8. The van der Waals surface area contributed by atoms with Crippen LogP contribution in [0.2, 0.25) is 0 Å². The molecule has 0 aliphatic carbocycles. The van der Waals surface area contributed by atoms with Crippen LogP contribution in [0.1, 0.15) is 55.0 Å². The Morgan fingerprint density at radius 3 is 2.15 bits per heavy atom. The molecule has 2 aliphatic heterocycles. The summed E-state index contributed by atoms with van der Waals surface area (Å²) in [4.78, 5) is 14.7. The third-order valence-corrected chi connectivity index (χ3v) is 8.33. The molecule has 9 heteroatoms. The van der Waals surface area contributed by atoms with Crippen LogP contribution in [0.15, 0.2) is 78.9 Å². The second-order valence-electron chi connectivity index (χ2n) is 10.2. The van der Waals surface area contributed by atoms with Crippen molar-refractivity contribution >= 4 is 13.7 Å². The molecule has 3 aromatic carbocycles. The number of rotatable bonds is 9. The quantitative estimate of drug-likeness (QED) is 0.290. The molecule has 0 aromatic heterocycles. The van der Waals surface area contributed by atoms with Gasteiger partial charge in [0.25, 0.3) is 0 Å². The van der Waals surface area contributed by atoms with Gasteiger partial charge in [-0.1, -0.05) is 60.7 Å². The maximum absolute atomic E-state index is 14.3. The molecule has 0 saturated carbocycles. The van der Waals surface area contributed by atoms with E-state index in [1.54, 1.807) is 23.1 Å². The Balaban J connectivity index is 1.51. The summed E-state index contributed by atoms with van der Waals surface area (Å²) in [6.07, 6.45) is 0.187. The number of likely N-dealkylation sites (tertiary alicyclic amines) is 1. The van der Waals surface area contributed by atoms with E-state index in [2.05, 4.69) is 6.07 Å². The van der Waals surface area contributed by atoms with E-state index in [0.717, 1.165) is 11.1 Å². The van der Waals surface area contributed by atoms with Gasteiger partial charge < -0.3 is 9.64 Å². The van der Waals surface area contributed by atoms with Gasteiger partial charge in [0, 0.05) is 18.5 Å². The summed E-state index contributed by atoms with van der Waals surface area (Å²) in [6.45, 7) is 4.17. The monoisotopic (exact) mass is 546 g/mol. The highest BCUT2D eigenvalue weighted by molar-refractivity contribution is 7.48. The van der Waals surface area contributed by atoms with Gasteiger partial charge in [-0.05, 0) is 49.6 Å². The molecule has 39 heavy (non-hydrogen) atoms. The minimum Gasteiger partial charge on any atom is -0.485 e. The molecule has 3 aromatic rings. The Labute approximate surface area is 228 Å². The molecule has 0 unspecified atom stereocenters. The van der Waals surface area contributed by atoms with Crippen LogP contribution in [0.5, 0.6) is 5.75 Å². The van der Waals surface area contributed by atoms with Crippen molar-refractivity contribution in [3.05, 3.63) is 101 Å². The van der Waals surface area contributed by atoms with E-state index >= 15 is 0 Å². The molecule has 5 rings (SSSR count). The van der Waals surface area contributed by atoms with Gasteiger partial charge in [0.15, 0.2) is 0 Å². The van der Waals surface area contributed by atoms with E-state index in [4.69, 9.17) is 18.3 Å². The van der Waals surface area contributed by atoms with Crippen molar-refractivity contribution in [2.45, 2.75) is 57.6 Å². The molecule has 202 valence electrons. The highest BCUT2D eigenvalue weighted by Crippen LogP contribution is 2.57. The fraction of sp³-hybridized carbons (Fsp3) is 0.333. The Bertz CT molecular complexity index is 1360. The van der Waals surface area contributed by atoms with E-state index in [-0.39, 0.29) is 19.1 Å². The number of carbonyl (C=O) groups excluding carboxylic acids is 1. The zero-order valence-electron chi connectivity index (χ0n) is 22.0. The summed E-state index contributed by atoms with van der Waals surface area (Å²) in [5.74, 6) is 0.513. The van der Waals surface area contributed by atoms with Crippen molar-refractivity contribution in [2.24, 2.45) is 0 Å². The molecule has 0 radical (unpaired) electrons. The second-order valence-corrected chi connectivity index (χ2v) is 11.8. The number of benzene rings is 3. The minimum atomic E-state index is -4.21. The summed E-state index contributed by atoms with van der Waals surface area (Å²) < 4.78 is 38.8. The van der Waals surface area contributed by atoms with Gasteiger partial charge in [0.1, 0.15) is 17.5 Å². The Morgan fingerprint density at radius 2 is 1.62 bits per heavy atom. The molecule has 1 amide bonds. The first-order valence-corrected chi connectivity index (χ1v) is 14.4. The largest absolute Gasteiger partial charge is 0.485 e. The van der Waals surface area contributed by atoms with Crippen molar-refractivity contribution in [3.8, 4) is 11.8 Å². The fourth-order valence-corrected chi connectivity index (χ4v) is 6.46. The van der Waals surface area contributed by atoms with Crippen LogP contribution in [0, 0.1) is 11.3 Å². The predicted molar refractivity (Wildman–Crippen MR) is 144 cm³/mol. The van der Waals surface area contributed by atoms with E-state index in [0.29, 0.717) is 36.3 Å². The van der Waals surface area contributed by atoms with Gasteiger partial charge in [-0.15, -0.1) is 0 Å². The Hall–Kier alpha value is -3.47. The zero-order valence-corrected chi connectivity index (χ0v) is 22.9. The first kappa shape index (κ1) is 27.1. The van der Waals surface area contributed by atoms with Gasteiger partial charge in [-0.25, -0.2) is 4.57 Å². The lowest BCUT2D eigenvalue weighted by Gasteiger charge is -2.47. The van der Waals surface area contributed by atoms with E-state index in [9.17, 15) is 14.6 Å². The molecule has 1 saturated heterocycles. The molecule has 2 atom stereocenters. The highest BCUT2D eigenvalue weighted by atomic mass is 31.2. The molecule has 0 bridgehead atoms. The molecule has 1 fully saturated rings. The minimum absolute atomic E-state index is 0.00337. The molecular formula is C30H31N2O6P. The smallest absolute Gasteiger partial charge is 0.475 e. The van der Waals surface area contributed by atoms with Crippen LogP contribution in [-0.4, -0.2) is 29.1 Å². The van der Waals surface area contributed by atoms with Crippen molar-refractivity contribution in [1.29, 1.82) is 5.26 Å². The maximum atomic E-state index is 14.3. The van der Waals surface area contributed by atoms with Gasteiger partial charge in [0.05, 0.1) is 30.9 Å². The first-order valence-electron chi connectivity index (χ1n) is 13.0. The molecule has 0 N–H and O–H groups in total. The number of hydrogen-bond donors (Lipinski definition) is 0. The average Bonchev–Trinajstić information content (AvgIpc) is 3.37. The van der Waals surface area contributed by atoms with Crippen LogP contribution in [0.4, 0.5) is 0 Å². The number of phosphoric acid groups is 1. The summed E-state index contributed by atoms with van der Waals surface area (Å²) in [7, 11) is -4.21. The van der Waals surface area contributed by atoms with Crippen molar-refractivity contribution in [2.75, 3.05) is 6.54 Å². The van der Waals surface area contributed by atoms with Crippen LogP contribution < -0.4 is 4.74 Å². The van der Waals surface area contributed by atoms with Gasteiger partial charge in [0.2, 0.25) is 5.91 Å².